The van der Waals surface area contributed by atoms with Gasteiger partial charge in [0, 0.05) is 11.6 Å². The van der Waals surface area contributed by atoms with Crippen LogP contribution >= 0.6 is 11.8 Å². The van der Waals surface area contributed by atoms with Gasteiger partial charge in [0.15, 0.2) is 0 Å². The summed E-state index contributed by atoms with van der Waals surface area (Å²) in [5, 5.41) is 0. The second-order valence-electron chi connectivity index (χ2n) is 5.36. The van der Waals surface area contributed by atoms with Gasteiger partial charge in [0.05, 0.1) is 12.4 Å². The van der Waals surface area contributed by atoms with E-state index in [1.807, 2.05) is 24.8 Å². The van der Waals surface area contributed by atoms with Crippen molar-refractivity contribution in [2.24, 2.45) is 0 Å². The molecule has 1 rings (SSSR count). The number of unbranched alkanes of at least 4 members (excludes halogenated alkanes) is 1. The highest BCUT2D eigenvalue weighted by Gasteiger charge is 2.08. The number of ether oxygens (including phenoxy) is 1. The minimum absolute atomic E-state index is 0.262. The molecule has 3 heteroatoms. The quantitative estimate of drug-likeness (QED) is 0.289. The number of carbonyl (C=O) groups is 1. The molecule has 0 fully saturated rings. The van der Waals surface area contributed by atoms with Crippen molar-refractivity contribution < 1.29 is 9.53 Å². The highest BCUT2D eigenvalue weighted by molar-refractivity contribution is 7.99. The second kappa shape index (κ2) is 12.4. The summed E-state index contributed by atoms with van der Waals surface area (Å²) >= 11 is 1.91. The predicted octanol–water partition coefficient (Wildman–Crippen LogP) is 4.90. The van der Waals surface area contributed by atoms with E-state index in [4.69, 9.17) is 4.74 Å². The van der Waals surface area contributed by atoms with E-state index in [1.54, 1.807) is 6.08 Å². The van der Waals surface area contributed by atoms with Crippen molar-refractivity contribution >= 4 is 17.7 Å². The Bertz CT molecular complexity index is 452. The van der Waals surface area contributed by atoms with Gasteiger partial charge in [-0.1, -0.05) is 37.7 Å². The van der Waals surface area contributed by atoms with E-state index in [2.05, 4.69) is 18.8 Å². The highest BCUT2D eigenvalue weighted by atomic mass is 32.2. The normalized spacial score (nSPS) is 15.4. The Morgan fingerprint density at radius 2 is 2.09 bits per heavy atom. The highest BCUT2D eigenvalue weighted by Crippen LogP contribution is 2.24. The van der Waals surface area contributed by atoms with Gasteiger partial charge in [0.25, 0.3) is 0 Å². The van der Waals surface area contributed by atoms with Crippen molar-refractivity contribution in [3.8, 4) is 11.8 Å². The minimum Gasteiger partial charge on any atom is -0.463 e. The Hall–Kier alpha value is -1.14. The molecule has 0 aromatic rings. The maximum absolute atomic E-state index is 11.5. The topological polar surface area (TPSA) is 26.3 Å². The molecule has 0 saturated carbocycles. The predicted molar refractivity (Wildman–Crippen MR) is 95.9 cm³/mol. The summed E-state index contributed by atoms with van der Waals surface area (Å²) in [5.74, 6) is 8.47. The number of rotatable bonds is 7. The first-order chi connectivity index (χ1) is 10.8. The molecular formula is C19H28O2S. The van der Waals surface area contributed by atoms with Crippen LogP contribution in [0.2, 0.25) is 0 Å². The molecule has 0 bridgehead atoms. The van der Waals surface area contributed by atoms with Gasteiger partial charge in [0.2, 0.25) is 0 Å². The summed E-state index contributed by atoms with van der Waals surface area (Å²) in [7, 11) is 0. The van der Waals surface area contributed by atoms with Crippen molar-refractivity contribution in [3.05, 3.63) is 23.3 Å². The van der Waals surface area contributed by atoms with E-state index < -0.39 is 0 Å². The minimum atomic E-state index is -0.262. The maximum Gasteiger partial charge on any atom is 0.330 e. The van der Waals surface area contributed by atoms with Gasteiger partial charge in [-0.15, -0.1) is 11.8 Å². The largest absolute Gasteiger partial charge is 0.463 e. The van der Waals surface area contributed by atoms with Crippen LogP contribution in [0.4, 0.5) is 0 Å². The fourth-order valence-electron chi connectivity index (χ4n) is 2.30. The summed E-state index contributed by atoms with van der Waals surface area (Å²) in [5.41, 5.74) is 2.44. The second-order valence-corrected chi connectivity index (χ2v) is 6.46. The van der Waals surface area contributed by atoms with Gasteiger partial charge >= 0.3 is 5.97 Å². The van der Waals surface area contributed by atoms with Crippen LogP contribution in [-0.4, -0.2) is 24.1 Å². The van der Waals surface area contributed by atoms with Crippen LogP contribution in [0.1, 0.15) is 58.8 Å². The molecule has 0 aromatic carbocycles. The van der Waals surface area contributed by atoms with Gasteiger partial charge in [0.1, 0.15) is 0 Å². The first-order valence-corrected chi connectivity index (χ1v) is 9.56. The van der Waals surface area contributed by atoms with Gasteiger partial charge in [-0.05, 0) is 50.4 Å². The Kier molecular flexibility index (Phi) is 10.7. The molecule has 0 atom stereocenters. The maximum atomic E-state index is 11.5. The zero-order chi connectivity index (χ0) is 16.0. The zero-order valence-electron chi connectivity index (χ0n) is 14.0. The van der Waals surface area contributed by atoms with Crippen LogP contribution in [0, 0.1) is 11.8 Å². The lowest BCUT2D eigenvalue weighted by Gasteiger charge is -2.03. The van der Waals surface area contributed by atoms with Gasteiger partial charge < -0.3 is 4.74 Å². The molecule has 0 radical (unpaired) electrons. The van der Waals surface area contributed by atoms with Crippen LogP contribution in [0.25, 0.3) is 0 Å². The van der Waals surface area contributed by atoms with E-state index in [1.165, 1.54) is 49.0 Å². The molecule has 122 valence electrons. The lowest BCUT2D eigenvalue weighted by Crippen LogP contribution is -1.99. The Morgan fingerprint density at radius 1 is 1.27 bits per heavy atom. The lowest BCUT2D eigenvalue weighted by molar-refractivity contribution is -0.137. The number of carbonyl (C=O) groups excluding carboxylic acids is 1. The molecule has 0 aromatic heterocycles. The third kappa shape index (κ3) is 8.34. The first-order valence-electron chi connectivity index (χ1n) is 8.41. The third-order valence-electron chi connectivity index (χ3n) is 3.52. The van der Waals surface area contributed by atoms with E-state index in [0.29, 0.717) is 6.61 Å². The number of allylic oxidation sites excluding steroid dienone is 3. The van der Waals surface area contributed by atoms with E-state index in [9.17, 15) is 4.79 Å². The molecule has 2 nitrogen and oxygen atoms in total. The number of esters is 1. The summed E-state index contributed by atoms with van der Waals surface area (Å²) in [4.78, 5) is 11.5. The van der Waals surface area contributed by atoms with Crippen molar-refractivity contribution in [2.75, 3.05) is 18.1 Å². The van der Waals surface area contributed by atoms with E-state index >= 15 is 0 Å². The molecule has 22 heavy (non-hydrogen) atoms. The number of hydrogen-bond acceptors (Lipinski definition) is 3. The van der Waals surface area contributed by atoms with Crippen LogP contribution in [0.15, 0.2) is 23.3 Å². The zero-order valence-corrected chi connectivity index (χ0v) is 14.8. The molecule has 0 spiro atoms. The van der Waals surface area contributed by atoms with Crippen molar-refractivity contribution in [1.29, 1.82) is 0 Å². The molecule has 0 amide bonds. The third-order valence-corrected chi connectivity index (χ3v) is 4.45. The molecule has 0 heterocycles. The Labute approximate surface area is 139 Å². The molecule has 1 aliphatic carbocycles. The Balaban J connectivity index is 2.65. The molecular weight excluding hydrogens is 292 g/mol. The number of thioether (sulfide) groups is 1. The van der Waals surface area contributed by atoms with E-state index in [-0.39, 0.29) is 5.97 Å². The summed E-state index contributed by atoms with van der Waals surface area (Å²) in [6, 6.07) is 0. The summed E-state index contributed by atoms with van der Waals surface area (Å²) < 4.78 is 4.95. The van der Waals surface area contributed by atoms with Crippen LogP contribution in [0.3, 0.4) is 0 Å². The number of hydrogen-bond donors (Lipinski definition) is 0. The van der Waals surface area contributed by atoms with Crippen LogP contribution in [0.5, 0.6) is 0 Å². The van der Waals surface area contributed by atoms with Crippen molar-refractivity contribution in [2.45, 2.75) is 58.8 Å². The molecule has 0 saturated heterocycles. The standard InChI is InChI=1S/C19H28O2S/c1-3-5-15-22-16-9-12-17-10-7-6-8-11-18(17)13-14-19(20)21-4-2/h13-14H,3-8,10-11,15-16H2,1-2H3/b14-13+. The fraction of sp³-hybridized carbons (Fsp3) is 0.632. The smallest absolute Gasteiger partial charge is 0.330 e. The SMILES string of the molecule is CCCCSCC#CC1=C(/C=C/C(=O)OCC)CCCCC1. The monoisotopic (exact) mass is 320 g/mol. The summed E-state index contributed by atoms with van der Waals surface area (Å²) in [6.07, 6.45) is 11.6. The van der Waals surface area contributed by atoms with Crippen LogP contribution < -0.4 is 0 Å². The van der Waals surface area contributed by atoms with Gasteiger partial charge in [-0.25, -0.2) is 4.79 Å². The molecule has 0 unspecified atom stereocenters. The molecule has 1 aliphatic rings. The van der Waals surface area contributed by atoms with Crippen molar-refractivity contribution in [1.82, 2.24) is 0 Å². The molecule has 0 aliphatic heterocycles. The van der Waals surface area contributed by atoms with Gasteiger partial charge in [-0.3, -0.25) is 0 Å². The first kappa shape index (κ1) is 18.9. The average molecular weight is 320 g/mol. The molecule has 0 N–H and O–H groups in total. The average Bonchev–Trinajstić information content (AvgIpc) is 2.74. The van der Waals surface area contributed by atoms with Gasteiger partial charge in [-0.2, -0.15) is 0 Å². The van der Waals surface area contributed by atoms with Crippen molar-refractivity contribution in [3.63, 3.8) is 0 Å². The summed E-state index contributed by atoms with van der Waals surface area (Å²) in [6.45, 7) is 4.46. The van der Waals surface area contributed by atoms with E-state index in [0.717, 1.165) is 18.6 Å². The van der Waals surface area contributed by atoms with Crippen LogP contribution in [-0.2, 0) is 9.53 Å². The lowest BCUT2D eigenvalue weighted by atomic mass is 10.0. The Morgan fingerprint density at radius 3 is 2.86 bits per heavy atom. The fourth-order valence-corrected chi connectivity index (χ4v) is 3.11.